The molecular formula is C15H24O4. The van der Waals surface area contributed by atoms with E-state index in [1.165, 1.54) is 6.26 Å². The molecule has 4 nitrogen and oxygen atoms in total. The fraction of sp³-hybridized carbons (Fsp3) is 0.600. The largest absolute Gasteiger partial charge is 0.435 e. The maximum absolute atomic E-state index is 11.3. The van der Waals surface area contributed by atoms with Crippen LogP contribution in [0.1, 0.15) is 51.9 Å². The minimum Gasteiger partial charge on any atom is -0.435 e. The fourth-order valence-electron chi connectivity index (χ4n) is 1.72. The van der Waals surface area contributed by atoms with E-state index in [4.69, 9.17) is 4.74 Å². The van der Waals surface area contributed by atoms with Crippen molar-refractivity contribution in [1.29, 1.82) is 0 Å². The summed E-state index contributed by atoms with van der Waals surface area (Å²) in [5.74, 6) is -0.529. The molecule has 0 heterocycles. The zero-order valence-electron chi connectivity index (χ0n) is 11.7. The molecule has 4 heteroatoms. The smallest absolute Gasteiger partial charge is 0.313 e. The van der Waals surface area contributed by atoms with Gasteiger partial charge in [-0.2, -0.15) is 0 Å². The SMILES string of the molecule is C=COC(=O)CCCCCCCC(C)C(=O)OC=C. The summed E-state index contributed by atoms with van der Waals surface area (Å²) in [5.41, 5.74) is 0. The van der Waals surface area contributed by atoms with Crippen molar-refractivity contribution in [3.8, 4) is 0 Å². The van der Waals surface area contributed by atoms with E-state index in [-0.39, 0.29) is 17.9 Å². The summed E-state index contributed by atoms with van der Waals surface area (Å²) in [6, 6.07) is 0. The van der Waals surface area contributed by atoms with Crippen molar-refractivity contribution in [2.75, 3.05) is 0 Å². The third-order valence-electron chi connectivity index (χ3n) is 2.83. The lowest BCUT2D eigenvalue weighted by molar-refractivity contribution is -0.142. The van der Waals surface area contributed by atoms with Crippen molar-refractivity contribution in [2.45, 2.75) is 51.9 Å². The highest BCUT2D eigenvalue weighted by molar-refractivity contribution is 5.72. The van der Waals surface area contributed by atoms with Crippen LogP contribution < -0.4 is 0 Å². The summed E-state index contributed by atoms with van der Waals surface area (Å²) >= 11 is 0. The van der Waals surface area contributed by atoms with Gasteiger partial charge in [0.2, 0.25) is 0 Å². The fourth-order valence-corrected chi connectivity index (χ4v) is 1.72. The second-order valence-corrected chi connectivity index (χ2v) is 4.47. The summed E-state index contributed by atoms with van der Waals surface area (Å²) in [5, 5.41) is 0. The molecule has 0 spiro atoms. The van der Waals surface area contributed by atoms with Crippen molar-refractivity contribution in [3.63, 3.8) is 0 Å². The number of rotatable bonds is 11. The molecule has 1 atom stereocenters. The predicted molar refractivity (Wildman–Crippen MR) is 74.1 cm³/mol. The van der Waals surface area contributed by atoms with Crippen LogP contribution in [0.2, 0.25) is 0 Å². The molecule has 0 saturated heterocycles. The van der Waals surface area contributed by atoms with Crippen LogP contribution in [0.15, 0.2) is 25.7 Å². The number of ether oxygens (including phenoxy) is 2. The van der Waals surface area contributed by atoms with Crippen LogP contribution in [-0.4, -0.2) is 11.9 Å². The van der Waals surface area contributed by atoms with Crippen molar-refractivity contribution < 1.29 is 19.1 Å². The molecule has 0 aromatic carbocycles. The molecular weight excluding hydrogens is 244 g/mol. The van der Waals surface area contributed by atoms with Crippen LogP contribution in [0.5, 0.6) is 0 Å². The van der Waals surface area contributed by atoms with Gasteiger partial charge in [-0.05, 0) is 12.8 Å². The first-order chi connectivity index (χ1) is 9.11. The molecule has 108 valence electrons. The van der Waals surface area contributed by atoms with E-state index in [0.717, 1.165) is 44.8 Å². The molecule has 0 N–H and O–H groups in total. The van der Waals surface area contributed by atoms with Crippen LogP contribution in [-0.2, 0) is 19.1 Å². The van der Waals surface area contributed by atoms with Crippen molar-refractivity contribution in [3.05, 3.63) is 25.7 Å². The highest BCUT2D eigenvalue weighted by atomic mass is 16.5. The van der Waals surface area contributed by atoms with Crippen molar-refractivity contribution in [1.82, 2.24) is 0 Å². The van der Waals surface area contributed by atoms with E-state index < -0.39 is 0 Å². The molecule has 0 aliphatic heterocycles. The monoisotopic (exact) mass is 268 g/mol. The Kier molecular flexibility index (Phi) is 10.6. The van der Waals surface area contributed by atoms with Crippen molar-refractivity contribution >= 4 is 11.9 Å². The number of esters is 2. The van der Waals surface area contributed by atoms with Gasteiger partial charge in [-0.25, -0.2) is 0 Å². The summed E-state index contributed by atoms with van der Waals surface area (Å²) in [7, 11) is 0. The van der Waals surface area contributed by atoms with Gasteiger partial charge in [-0.15, -0.1) is 0 Å². The highest BCUT2D eigenvalue weighted by Crippen LogP contribution is 2.13. The molecule has 1 unspecified atom stereocenters. The number of hydrogen-bond donors (Lipinski definition) is 0. The van der Waals surface area contributed by atoms with Crippen LogP contribution in [0.25, 0.3) is 0 Å². The van der Waals surface area contributed by atoms with E-state index in [1.54, 1.807) is 0 Å². The lowest BCUT2D eigenvalue weighted by atomic mass is 10.0. The third-order valence-corrected chi connectivity index (χ3v) is 2.83. The maximum atomic E-state index is 11.3. The minimum absolute atomic E-state index is 0.0828. The normalized spacial score (nSPS) is 11.4. The Morgan fingerprint density at radius 1 is 1.00 bits per heavy atom. The van der Waals surface area contributed by atoms with Crippen LogP contribution >= 0.6 is 0 Å². The summed E-state index contributed by atoms with van der Waals surface area (Å²) in [6.45, 7) is 8.54. The maximum Gasteiger partial charge on any atom is 0.313 e. The van der Waals surface area contributed by atoms with Gasteiger partial charge in [-0.3, -0.25) is 9.59 Å². The first-order valence-corrected chi connectivity index (χ1v) is 6.73. The van der Waals surface area contributed by atoms with Gasteiger partial charge < -0.3 is 9.47 Å². The van der Waals surface area contributed by atoms with Gasteiger partial charge in [0.25, 0.3) is 0 Å². The van der Waals surface area contributed by atoms with Crippen molar-refractivity contribution in [2.24, 2.45) is 5.92 Å². The minimum atomic E-state index is -0.226. The number of hydrogen-bond acceptors (Lipinski definition) is 4. The Morgan fingerprint density at radius 3 is 2.21 bits per heavy atom. The zero-order chi connectivity index (χ0) is 14.5. The van der Waals surface area contributed by atoms with Gasteiger partial charge in [0.1, 0.15) is 0 Å². The topological polar surface area (TPSA) is 52.6 Å². The summed E-state index contributed by atoms with van der Waals surface area (Å²) in [6.07, 6.45) is 8.53. The Morgan fingerprint density at radius 2 is 1.58 bits per heavy atom. The Bertz CT molecular complexity index is 297. The Hall–Kier alpha value is -1.58. The van der Waals surface area contributed by atoms with Crippen LogP contribution in [0, 0.1) is 5.92 Å². The quantitative estimate of drug-likeness (QED) is 0.325. The van der Waals surface area contributed by atoms with E-state index >= 15 is 0 Å². The third kappa shape index (κ3) is 10.1. The predicted octanol–water partition coefficient (Wildman–Crippen LogP) is 3.73. The van der Waals surface area contributed by atoms with E-state index in [2.05, 4.69) is 17.9 Å². The van der Waals surface area contributed by atoms with Gasteiger partial charge in [0.15, 0.2) is 0 Å². The van der Waals surface area contributed by atoms with E-state index in [1.807, 2.05) is 6.92 Å². The average molecular weight is 268 g/mol. The molecule has 19 heavy (non-hydrogen) atoms. The molecule has 0 aromatic heterocycles. The van der Waals surface area contributed by atoms with Crippen LogP contribution in [0.3, 0.4) is 0 Å². The van der Waals surface area contributed by atoms with Gasteiger partial charge in [-0.1, -0.05) is 45.8 Å². The van der Waals surface area contributed by atoms with E-state index in [9.17, 15) is 9.59 Å². The second kappa shape index (κ2) is 11.5. The molecule has 0 fully saturated rings. The first-order valence-electron chi connectivity index (χ1n) is 6.73. The Labute approximate surface area is 115 Å². The molecule has 0 saturated carbocycles. The van der Waals surface area contributed by atoms with Gasteiger partial charge in [0, 0.05) is 6.42 Å². The molecule has 0 bridgehead atoms. The lowest BCUT2D eigenvalue weighted by Crippen LogP contribution is -2.11. The number of carbonyl (C=O) groups excluding carboxylic acids is 2. The number of unbranched alkanes of at least 4 members (excludes halogenated alkanes) is 4. The molecule has 0 radical (unpaired) electrons. The standard InChI is InChI=1S/C15H24O4/c1-4-18-14(16)12-10-8-6-7-9-11-13(3)15(17)19-5-2/h4-5,13H,1-2,6-12H2,3H3. The van der Waals surface area contributed by atoms with E-state index in [0.29, 0.717) is 6.42 Å². The first kappa shape index (κ1) is 17.4. The van der Waals surface area contributed by atoms with Crippen LogP contribution in [0.4, 0.5) is 0 Å². The highest BCUT2D eigenvalue weighted by Gasteiger charge is 2.12. The second-order valence-electron chi connectivity index (χ2n) is 4.47. The van der Waals surface area contributed by atoms with Gasteiger partial charge >= 0.3 is 11.9 Å². The average Bonchev–Trinajstić information content (AvgIpc) is 2.38. The lowest BCUT2D eigenvalue weighted by Gasteiger charge is -2.08. The summed E-state index contributed by atoms with van der Waals surface area (Å²) in [4.78, 5) is 22.3. The molecule has 0 aliphatic carbocycles. The molecule has 0 amide bonds. The number of carbonyl (C=O) groups is 2. The summed E-state index contributed by atoms with van der Waals surface area (Å²) < 4.78 is 9.33. The zero-order valence-corrected chi connectivity index (χ0v) is 11.7. The molecule has 0 aromatic rings. The molecule has 0 rings (SSSR count). The van der Waals surface area contributed by atoms with Gasteiger partial charge in [0.05, 0.1) is 18.4 Å². The molecule has 0 aliphatic rings. The Balaban J connectivity index is 3.40.